The van der Waals surface area contributed by atoms with E-state index in [9.17, 15) is 18.0 Å². The van der Waals surface area contributed by atoms with Crippen molar-refractivity contribution in [2.24, 2.45) is 0 Å². The predicted molar refractivity (Wildman–Crippen MR) is 173 cm³/mol. The Morgan fingerprint density at radius 1 is 0.907 bits per heavy atom. The van der Waals surface area contributed by atoms with Crippen LogP contribution >= 0.6 is 23.2 Å². The number of anilines is 1. The Kier molecular flexibility index (Phi) is 10.8. The number of rotatable bonds is 11. The molecule has 0 saturated heterocycles. The molecule has 1 saturated carbocycles. The topological polar surface area (TPSA) is 86.8 Å². The number of amides is 2. The lowest BCUT2D eigenvalue weighted by molar-refractivity contribution is -0.140. The first-order chi connectivity index (χ1) is 20.4. The van der Waals surface area contributed by atoms with Crippen LogP contribution in [0, 0.1) is 20.8 Å². The summed E-state index contributed by atoms with van der Waals surface area (Å²) in [5, 5.41) is 3.82. The van der Waals surface area contributed by atoms with E-state index < -0.39 is 28.5 Å². The number of benzene rings is 3. The molecule has 3 aromatic carbocycles. The van der Waals surface area contributed by atoms with Crippen LogP contribution in [-0.2, 0) is 26.2 Å². The summed E-state index contributed by atoms with van der Waals surface area (Å²) in [5.74, 6) is -0.751. The van der Waals surface area contributed by atoms with Crippen molar-refractivity contribution in [3.05, 3.63) is 93.0 Å². The van der Waals surface area contributed by atoms with Gasteiger partial charge in [0.15, 0.2) is 0 Å². The lowest BCUT2D eigenvalue weighted by atomic mass is 10.1. The van der Waals surface area contributed by atoms with Gasteiger partial charge in [-0.3, -0.25) is 13.9 Å². The van der Waals surface area contributed by atoms with Crippen LogP contribution in [0.4, 0.5) is 5.69 Å². The highest BCUT2D eigenvalue weighted by Crippen LogP contribution is 2.30. The molecule has 1 fully saturated rings. The Morgan fingerprint density at radius 3 is 2.19 bits per heavy atom. The van der Waals surface area contributed by atoms with Crippen molar-refractivity contribution in [2.45, 2.75) is 83.3 Å². The zero-order chi connectivity index (χ0) is 31.3. The lowest BCUT2D eigenvalue weighted by Gasteiger charge is -2.34. The molecule has 10 heteroatoms. The van der Waals surface area contributed by atoms with E-state index >= 15 is 0 Å². The Bertz CT molecular complexity index is 1570. The predicted octanol–water partition coefficient (Wildman–Crippen LogP) is 6.98. The third-order valence-corrected chi connectivity index (χ3v) is 10.5. The van der Waals surface area contributed by atoms with Gasteiger partial charge in [-0.1, -0.05) is 78.9 Å². The molecule has 0 aliphatic heterocycles. The lowest BCUT2D eigenvalue weighted by Crippen LogP contribution is -2.53. The van der Waals surface area contributed by atoms with E-state index in [4.69, 9.17) is 23.2 Å². The van der Waals surface area contributed by atoms with Crippen LogP contribution in [0.25, 0.3) is 0 Å². The van der Waals surface area contributed by atoms with Gasteiger partial charge in [0.1, 0.15) is 12.6 Å². The van der Waals surface area contributed by atoms with Gasteiger partial charge in [0.25, 0.3) is 10.0 Å². The van der Waals surface area contributed by atoms with E-state index in [1.54, 1.807) is 48.5 Å². The fourth-order valence-electron chi connectivity index (χ4n) is 5.46. The molecular weight excluding hydrogens is 605 g/mol. The van der Waals surface area contributed by atoms with Crippen molar-refractivity contribution in [3.63, 3.8) is 0 Å². The largest absolute Gasteiger partial charge is 0.352 e. The molecule has 0 radical (unpaired) electrons. The van der Waals surface area contributed by atoms with Gasteiger partial charge in [-0.05, 0) is 87.1 Å². The van der Waals surface area contributed by atoms with Crippen LogP contribution in [-0.4, -0.2) is 43.8 Å². The van der Waals surface area contributed by atoms with Crippen LogP contribution in [0.15, 0.2) is 65.6 Å². The van der Waals surface area contributed by atoms with Crippen molar-refractivity contribution in [1.82, 2.24) is 10.2 Å². The van der Waals surface area contributed by atoms with Crippen molar-refractivity contribution >= 4 is 50.7 Å². The van der Waals surface area contributed by atoms with E-state index in [0.29, 0.717) is 33.3 Å². The summed E-state index contributed by atoms with van der Waals surface area (Å²) in [6.07, 6.45) is 4.25. The molecule has 0 heterocycles. The van der Waals surface area contributed by atoms with Gasteiger partial charge in [0, 0.05) is 12.6 Å². The second-order valence-electron chi connectivity index (χ2n) is 11.3. The Morgan fingerprint density at radius 2 is 1.56 bits per heavy atom. The van der Waals surface area contributed by atoms with Crippen molar-refractivity contribution < 1.29 is 18.0 Å². The van der Waals surface area contributed by atoms with Crippen LogP contribution in [0.1, 0.15) is 61.3 Å². The number of aryl methyl sites for hydroxylation is 3. The second-order valence-corrected chi connectivity index (χ2v) is 14.0. The van der Waals surface area contributed by atoms with Crippen molar-refractivity contribution in [2.75, 3.05) is 10.8 Å². The molecule has 7 nitrogen and oxygen atoms in total. The van der Waals surface area contributed by atoms with E-state index in [0.717, 1.165) is 41.1 Å². The van der Waals surface area contributed by atoms with Gasteiger partial charge in [0.2, 0.25) is 11.8 Å². The molecule has 0 aromatic heterocycles. The van der Waals surface area contributed by atoms with E-state index in [1.807, 2.05) is 39.8 Å². The average molecular weight is 645 g/mol. The SMILES string of the molecule is CC[C@@H](C(=O)NC1CCCC1)N(Cc1ccc(Cl)c(Cl)c1)C(=O)CN(c1cc(C)ccc1C)S(=O)(=O)c1ccc(C)cc1. The first kappa shape index (κ1) is 32.8. The highest BCUT2D eigenvalue weighted by Gasteiger charge is 2.35. The maximum Gasteiger partial charge on any atom is 0.264 e. The summed E-state index contributed by atoms with van der Waals surface area (Å²) in [7, 11) is -4.15. The van der Waals surface area contributed by atoms with E-state index in [2.05, 4.69) is 5.32 Å². The van der Waals surface area contributed by atoms with Gasteiger partial charge < -0.3 is 10.2 Å². The number of hydrogen-bond acceptors (Lipinski definition) is 4. The van der Waals surface area contributed by atoms with Gasteiger partial charge in [0.05, 0.1) is 20.6 Å². The number of halogens is 2. The molecule has 1 aliphatic carbocycles. The molecule has 0 unspecified atom stereocenters. The second kappa shape index (κ2) is 14.1. The smallest absolute Gasteiger partial charge is 0.264 e. The fourth-order valence-corrected chi connectivity index (χ4v) is 7.25. The molecule has 43 heavy (non-hydrogen) atoms. The summed E-state index contributed by atoms with van der Waals surface area (Å²) in [6.45, 7) is 6.98. The van der Waals surface area contributed by atoms with Crippen LogP contribution < -0.4 is 9.62 Å². The van der Waals surface area contributed by atoms with Crippen LogP contribution in [0.3, 0.4) is 0 Å². The maximum absolute atomic E-state index is 14.3. The number of sulfonamides is 1. The first-order valence-electron chi connectivity index (χ1n) is 14.6. The standard InChI is InChI=1S/C33H39Cl2N3O4S/c1-5-30(33(40)36-26-8-6-7-9-26)37(20-25-14-17-28(34)29(35)19-25)32(39)21-38(31-18-23(3)10-13-24(31)4)43(41,42)27-15-11-22(2)12-16-27/h10-19,26,30H,5-9,20-21H2,1-4H3,(H,36,40)/t30-/m0/s1. The van der Waals surface area contributed by atoms with Crippen molar-refractivity contribution in [1.29, 1.82) is 0 Å². The van der Waals surface area contributed by atoms with E-state index in [1.165, 1.54) is 4.90 Å². The van der Waals surface area contributed by atoms with Crippen LogP contribution in [0.2, 0.25) is 10.0 Å². The summed E-state index contributed by atoms with van der Waals surface area (Å²) in [6, 6.07) is 16.4. The highest BCUT2D eigenvalue weighted by atomic mass is 35.5. The zero-order valence-electron chi connectivity index (χ0n) is 25.1. The van der Waals surface area contributed by atoms with Crippen LogP contribution in [0.5, 0.6) is 0 Å². The van der Waals surface area contributed by atoms with E-state index in [-0.39, 0.29) is 23.4 Å². The Hall–Kier alpha value is -3.07. The highest BCUT2D eigenvalue weighted by molar-refractivity contribution is 7.92. The number of nitrogens with one attached hydrogen (secondary N) is 1. The molecule has 1 N–H and O–H groups in total. The molecular formula is C33H39Cl2N3O4S. The van der Waals surface area contributed by atoms with Gasteiger partial charge in [-0.2, -0.15) is 0 Å². The number of carbonyl (C=O) groups is 2. The number of hydrogen-bond donors (Lipinski definition) is 1. The summed E-state index contributed by atoms with van der Waals surface area (Å²) in [4.78, 5) is 29.5. The normalized spacial score (nSPS) is 14.4. The molecule has 0 bridgehead atoms. The summed E-state index contributed by atoms with van der Waals surface area (Å²) < 4.78 is 29.5. The minimum absolute atomic E-state index is 0.0531. The minimum Gasteiger partial charge on any atom is -0.352 e. The molecule has 4 rings (SSSR count). The third-order valence-electron chi connectivity index (χ3n) is 7.95. The Balaban J connectivity index is 1.76. The van der Waals surface area contributed by atoms with Crippen molar-refractivity contribution in [3.8, 4) is 0 Å². The third kappa shape index (κ3) is 7.91. The summed E-state index contributed by atoms with van der Waals surface area (Å²) >= 11 is 12.4. The Labute approximate surface area is 265 Å². The zero-order valence-corrected chi connectivity index (χ0v) is 27.4. The molecule has 2 amide bonds. The minimum atomic E-state index is -4.15. The fraction of sp³-hybridized carbons (Fsp3) is 0.394. The average Bonchev–Trinajstić information content (AvgIpc) is 3.48. The number of carbonyl (C=O) groups excluding carboxylic acids is 2. The quantitative estimate of drug-likeness (QED) is 0.244. The van der Waals surface area contributed by atoms with Gasteiger partial charge in [-0.15, -0.1) is 0 Å². The molecule has 230 valence electrons. The molecule has 1 atom stereocenters. The van der Waals surface area contributed by atoms with Gasteiger partial charge in [-0.25, -0.2) is 8.42 Å². The monoisotopic (exact) mass is 643 g/mol. The molecule has 1 aliphatic rings. The van der Waals surface area contributed by atoms with Gasteiger partial charge >= 0.3 is 0 Å². The first-order valence-corrected chi connectivity index (χ1v) is 16.8. The number of nitrogens with zero attached hydrogens (tertiary/aromatic N) is 2. The molecule has 3 aromatic rings. The summed E-state index contributed by atoms with van der Waals surface area (Å²) in [5.41, 5.74) is 3.56. The molecule has 0 spiro atoms. The maximum atomic E-state index is 14.3.